The van der Waals surface area contributed by atoms with Gasteiger partial charge < -0.3 is 5.73 Å². The smallest absolute Gasteiger partial charge is 0.182 e. The minimum atomic E-state index is -3.47. The van der Waals surface area contributed by atoms with E-state index in [9.17, 15) is 12.8 Å². The molecule has 0 fully saturated rings. The molecule has 19 heavy (non-hydrogen) atoms. The van der Waals surface area contributed by atoms with Gasteiger partial charge in [-0.15, -0.1) is 0 Å². The first-order valence-electron chi connectivity index (χ1n) is 5.72. The number of rotatable bonds is 3. The molecule has 0 aliphatic carbocycles. The van der Waals surface area contributed by atoms with Gasteiger partial charge >= 0.3 is 0 Å². The van der Waals surface area contributed by atoms with Crippen molar-refractivity contribution in [3.05, 3.63) is 59.4 Å². The molecule has 100 valence electrons. The van der Waals surface area contributed by atoms with Crippen LogP contribution in [0.5, 0.6) is 0 Å². The Balaban J connectivity index is 2.36. The number of benzene rings is 2. The molecule has 0 atom stereocenters. The second-order valence-electron chi connectivity index (χ2n) is 4.40. The highest BCUT2D eigenvalue weighted by Crippen LogP contribution is 2.20. The van der Waals surface area contributed by atoms with Gasteiger partial charge in [-0.1, -0.05) is 12.1 Å². The zero-order chi connectivity index (χ0) is 14.0. The van der Waals surface area contributed by atoms with E-state index in [0.717, 1.165) is 0 Å². The topological polar surface area (TPSA) is 60.2 Å². The minimum Gasteiger partial charge on any atom is -0.399 e. The number of hydrogen-bond acceptors (Lipinski definition) is 3. The summed E-state index contributed by atoms with van der Waals surface area (Å²) in [4.78, 5) is 0.177. The van der Waals surface area contributed by atoms with Gasteiger partial charge in [0.25, 0.3) is 0 Å². The third-order valence-corrected chi connectivity index (χ3v) is 4.53. The number of nitrogen functional groups attached to an aromatic ring is 1. The van der Waals surface area contributed by atoms with E-state index in [4.69, 9.17) is 5.73 Å². The molecule has 0 unspecified atom stereocenters. The van der Waals surface area contributed by atoms with Crippen LogP contribution in [0.25, 0.3) is 0 Å². The van der Waals surface area contributed by atoms with Crippen LogP contribution in [-0.4, -0.2) is 8.42 Å². The van der Waals surface area contributed by atoms with Crippen molar-refractivity contribution >= 4 is 15.5 Å². The van der Waals surface area contributed by atoms with Crippen molar-refractivity contribution in [1.82, 2.24) is 0 Å². The number of anilines is 1. The highest BCUT2D eigenvalue weighted by atomic mass is 32.2. The molecule has 0 amide bonds. The summed E-state index contributed by atoms with van der Waals surface area (Å²) in [5, 5.41) is 0. The van der Waals surface area contributed by atoms with Crippen LogP contribution in [0.4, 0.5) is 10.1 Å². The molecule has 5 heteroatoms. The normalized spacial score (nSPS) is 11.5. The Morgan fingerprint density at radius 3 is 2.53 bits per heavy atom. The van der Waals surface area contributed by atoms with E-state index >= 15 is 0 Å². The van der Waals surface area contributed by atoms with Crippen LogP contribution in [0.1, 0.15) is 11.1 Å². The molecule has 2 aromatic rings. The van der Waals surface area contributed by atoms with Gasteiger partial charge in [-0.2, -0.15) is 0 Å². The first-order chi connectivity index (χ1) is 8.88. The summed E-state index contributed by atoms with van der Waals surface area (Å²) in [7, 11) is -3.47. The summed E-state index contributed by atoms with van der Waals surface area (Å²) in [6.07, 6.45) is 0. The predicted octanol–water partition coefficient (Wildman–Crippen LogP) is 2.69. The van der Waals surface area contributed by atoms with Crippen molar-refractivity contribution < 1.29 is 12.8 Å². The number of nitrogens with two attached hydrogens (primary N) is 1. The molecule has 0 saturated heterocycles. The Bertz CT molecular complexity index is 711. The quantitative estimate of drug-likeness (QED) is 0.879. The molecule has 0 aliphatic rings. The van der Waals surface area contributed by atoms with Gasteiger partial charge in [0.05, 0.1) is 10.6 Å². The maximum absolute atomic E-state index is 13.0. The van der Waals surface area contributed by atoms with Gasteiger partial charge in [0, 0.05) is 5.69 Å². The van der Waals surface area contributed by atoms with Crippen molar-refractivity contribution in [2.45, 2.75) is 17.6 Å². The van der Waals surface area contributed by atoms with Gasteiger partial charge in [-0.05, 0) is 48.4 Å². The van der Waals surface area contributed by atoms with Crippen molar-refractivity contribution in [3.8, 4) is 0 Å². The first kappa shape index (κ1) is 13.5. The molecule has 2 aromatic carbocycles. The maximum atomic E-state index is 13.0. The molecule has 0 radical (unpaired) electrons. The van der Waals surface area contributed by atoms with Crippen LogP contribution in [0.15, 0.2) is 47.4 Å². The highest BCUT2D eigenvalue weighted by molar-refractivity contribution is 7.90. The zero-order valence-corrected chi connectivity index (χ0v) is 11.2. The Morgan fingerprint density at radius 2 is 1.89 bits per heavy atom. The summed E-state index contributed by atoms with van der Waals surface area (Å²) in [6, 6.07) is 10.2. The molecule has 0 heterocycles. The lowest BCUT2D eigenvalue weighted by Crippen LogP contribution is -2.06. The van der Waals surface area contributed by atoms with E-state index in [1.165, 1.54) is 30.3 Å². The average molecular weight is 279 g/mol. The second-order valence-corrected chi connectivity index (χ2v) is 6.39. The van der Waals surface area contributed by atoms with E-state index in [1.54, 1.807) is 19.1 Å². The van der Waals surface area contributed by atoms with Crippen LogP contribution >= 0.6 is 0 Å². The summed E-state index contributed by atoms with van der Waals surface area (Å²) < 4.78 is 37.5. The standard InChI is InChI=1S/C14H14FNO2S/c1-10-7-12(15)6-5-11(10)9-19(17,18)14-4-2-3-13(16)8-14/h2-8H,9,16H2,1H3. The third-order valence-electron chi connectivity index (χ3n) is 2.87. The Labute approximate surface area is 111 Å². The summed E-state index contributed by atoms with van der Waals surface area (Å²) in [5.74, 6) is -0.537. The van der Waals surface area contributed by atoms with Crippen LogP contribution in [0.2, 0.25) is 0 Å². The first-order valence-corrected chi connectivity index (χ1v) is 7.37. The molecule has 0 spiro atoms. The second kappa shape index (κ2) is 5.01. The van der Waals surface area contributed by atoms with E-state index in [2.05, 4.69) is 0 Å². The molecule has 2 N–H and O–H groups in total. The van der Waals surface area contributed by atoms with E-state index < -0.39 is 9.84 Å². The van der Waals surface area contributed by atoms with Crippen LogP contribution in [0.3, 0.4) is 0 Å². The maximum Gasteiger partial charge on any atom is 0.182 e. The van der Waals surface area contributed by atoms with E-state index in [0.29, 0.717) is 16.8 Å². The fourth-order valence-electron chi connectivity index (χ4n) is 1.82. The summed E-state index contributed by atoms with van der Waals surface area (Å²) in [6.45, 7) is 1.69. The molecule has 0 aromatic heterocycles. The van der Waals surface area contributed by atoms with Crippen LogP contribution in [-0.2, 0) is 15.6 Å². The Hall–Kier alpha value is -1.88. The third kappa shape index (κ3) is 3.12. The van der Waals surface area contributed by atoms with Crippen LogP contribution in [0, 0.1) is 12.7 Å². The lowest BCUT2D eigenvalue weighted by Gasteiger charge is -2.08. The number of sulfone groups is 1. The van der Waals surface area contributed by atoms with Crippen molar-refractivity contribution in [3.63, 3.8) is 0 Å². The SMILES string of the molecule is Cc1cc(F)ccc1CS(=O)(=O)c1cccc(N)c1. The Morgan fingerprint density at radius 1 is 1.16 bits per heavy atom. The van der Waals surface area contributed by atoms with Crippen LogP contribution < -0.4 is 5.73 Å². The fourth-order valence-corrected chi connectivity index (χ4v) is 3.32. The van der Waals surface area contributed by atoms with E-state index in [-0.39, 0.29) is 16.5 Å². The number of hydrogen-bond donors (Lipinski definition) is 1. The molecular weight excluding hydrogens is 265 g/mol. The largest absolute Gasteiger partial charge is 0.399 e. The van der Waals surface area contributed by atoms with Gasteiger partial charge in [0.1, 0.15) is 5.82 Å². The molecule has 0 saturated carbocycles. The lowest BCUT2D eigenvalue weighted by atomic mass is 10.1. The minimum absolute atomic E-state index is 0.164. The molecule has 2 rings (SSSR count). The highest BCUT2D eigenvalue weighted by Gasteiger charge is 2.16. The summed E-state index contributed by atoms with van der Waals surface area (Å²) >= 11 is 0. The molecule has 0 bridgehead atoms. The van der Waals surface area contributed by atoms with Gasteiger partial charge in [0.15, 0.2) is 9.84 Å². The fraction of sp³-hybridized carbons (Fsp3) is 0.143. The molecule has 0 aliphatic heterocycles. The lowest BCUT2D eigenvalue weighted by molar-refractivity contribution is 0.594. The number of aryl methyl sites for hydroxylation is 1. The average Bonchev–Trinajstić information content (AvgIpc) is 2.33. The Kier molecular flexibility index (Phi) is 3.57. The van der Waals surface area contributed by atoms with Gasteiger partial charge in [-0.3, -0.25) is 0 Å². The predicted molar refractivity (Wildman–Crippen MR) is 72.9 cm³/mol. The van der Waals surface area contributed by atoms with Gasteiger partial charge in [-0.25, -0.2) is 12.8 Å². The van der Waals surface area contributed by atoms with Crippen molar-refractivity contribution in [2.75, 3.05) is 5.73 Å². The van der Waals surface area contributed by atoms with Crippen molar-refractivity contribution in [2.24, 2.45) is 0 Å². The monoisotopic (exact) mass is 279 g/mol. The zero-order valence-electron chi connectivity index (χ0n) is 10.4. The van der Waals surface area contributed by atoms with E-state index in [1.807, 2.05) is 0 Å². The molecular formula is C14H14FNO2S. The van der Waals surface area contributed by atoms with Gasteiger partial charge in [0.2, 0.25) is 0 Å². The summed E-state index contributed by atoms with van der Waals surface area (Å²) in [5.41, 5.74) is 7.19. The van der Waals surface area contributed by atoms with Crippen molar-refractivity contribution in [1.29, 1.82) is 0 Å². The molecule has 3 nitrogen and oxygen atoms in total. The number of halogens is 1.